The van der Waals surface area contributed by atoms with Crippen LogP contribution in [0.15, 0.2) is 29.2 Å². The fourth-order valence-corrected chi connectivity index (χ4v) is 1.28. The predicted molar refractivity (Wildman–Crippen MR) is 47.0 cm³/mol. The van der Waals surface area contributed by atoms with Crippen LogP contribution in [0.1, 0.15) is 2.85 Å². The van der Waals surface area contributed by atoms with Crippen LogP contribution < -0.4 is 0 Å². The van der Waals surface area contributed by atoms with Crippen molar-refractivity contribution < 1.29 is 26.0 Å². The fraction of sp³-hybridized carbons (Fsp3) is 0. The molecule has 0 aliphatic carbocycles. The van der Waals surface area contributed by atoms with Gasteiger partial charge in [-0.1, -0.05) is 6.07 Å². The molecular formula is C6H8CaO5S. The minimum Gasteiger partial charge on any atom is -1.00 e. The molecule has 7 heteroatoms. The van der Waals surface area contributed by atoms with Gasteiger partial charge in [0.15, 0.2) is 0 Å². The van der Waals surface area contributed by atoms with Crippen LogP contribution in [0, 0.1) is 0 Å². The van der Waals surface area contributed by atoms with E-state index in [9.17, 15) is 8.42 Å². The first-order valence-electron chi connectivity index (χ1n) is 2.93. The zero-order valence-electron chi connectivity index (χ0n) is 8.54. The third-order valence-electron chi connectivity index (χ3n) is 1.20. The van der Waals surface area contributed by atoms with Crippen LogP contribution in [0.2, 0.25) is 0 Å². The van der Waals surface area contributed by atoms with Gasteiger partial charge in [0.05, 0.1) is 0 Å². The third kappa shape index (κ3) is 3.41. The van der Waals surface area contributed by atoms with Gasteiger partial charge in [0.2, 0.25) is 0 Å². The van der Waals surface area contributed by atoms with Crippen LogP contribution >= 0.6 is 0 Å². The van der Waals surface area contributed by atoms with E-state index in [1.165, 1.54) is 18.2 Å². The van der Waals surface area contributed by atoms with Gasteiger partial charge in [-0.2, -0.15) is 8.42 Å². The van der Waals surface area contributed by atoms with E-state index in [1.807, 2.05) is 0 Å². The average molecular weight is 232 g/mol. The molecule has 70 valence electrons. The normalized spacial score (nSPS) is 10.5. The first-order chi connectivity index (χ1) is 5.56. The molecule has 0 radical (unpaired) electrons. The molecule has 0 fully saturated rings. The molecule has 0 aliphatic heterocycles. The molecule has 0 heterocycles. The number of hydrogen-bond donors (Lipinski definition) is 2. The second-order valence-electron chi connectivity index (χ2n) is 2.03. The summed E-state index contributed by atoms with van der Waals surface area (Å²) in [6.45, 7) is 0. The van der Waals surface area contributed by atoms with E-state index in [1.54, 1.807) is 0 Å². The second kappa shape index (κ2) is 5.14. The second-order valence-corrected chi connectivity index (χ2v) is 3.55. The topological polar surface area (TPSA) is 83.8 Å². The average Bonchev–Trinajstić information content (AvgIpc) is 2.05. The molecule has 0 aromatic heterocycles. The number of rotatable bonds is 2. The molecule has 5 nitrogen and oxygen atoms in total. The smallest absolute Gasteiger partial charge is 1.00 e. The fourth-order valence-electron chi connectivity index (χ4n) is 0.682. The van der Waals surface area contributed by atoms with Gasteiger partial charge >= 0.3 is 47.9 Å². The molecule has 13 heavy (non-hydrogen) atoms. The maximum absolute atomic E-state index is 10.8. The molecule has 0 saturated carbocycles. The van der Waals surface area contributed by atoms with Crippen molar-refractivity contribution in [3.05, 3.63) is 24.3 Å². The molecule has 1 aromatic rings. The SMILES string of the molecule is O=S(=O)(OO)c1cccc(O)c1.[Ca+2].[H-].[H-]. The van der Waals surface area contributed by atoms with Crippen molar-refractivity contribution in [3.8, 4) is 5.75 Å². The molecule has 0 bridgehead atoms. The maximum atomic E-state index is 10.8. The Labute approximate surface area is 108 Å². The van der Waals surface area contributed by atoms with Gasteiger partial charge in [-0.05, 0) is 12.1 Å². The molecule has 0 amide bonds. The van der Waals surface area contributed by atoms with E-state index in [0.29, 0.717) is 0 Å². The number of phenols is 1. The zero-order chi connectivity index (χ0) is 9.19. The van der Waals surface area contributed by atoms with E-state index in [2.05, 4.69) is 4.33 Å². The summed E-state index contributed by atoms with van der Waals surface area (Å²) in [5.74, 6) is -0.215. The van der Waals surface area contributed by atoms with Crippen molar-refractivity contribution in [2.75, 3.05) is 0 Å². The van der Waals surface area contributed by atoms with Crippen LogP contribution in [-0.4, -0.2) is 56.5 Å². The van der Waals surface area contributed by atoms with Gasteiger partial charge in [-0.3, -0.25) is 0 Å². The van der Waals surface area contributed by atoms with Crippen LogP contribution in [0.4, 0.5) is 0 Å². The summed E-state index contributed by atoms with van der Waals surface area (Å²) in [6.07, 6.45) is 0. The summed E-state index contributed by atoms with van der Waals surface area (Å²) in [7, 11) is -4.13. The monoisotopic (exact) mass is 232 g/mol. The summed E-state index contributed by atoms with van der Waals surface area (Å²) < 4.78 is 24.8. The van der Waals surface area contributed by atoms with Crippen LogP contribution in [0.5, 0.6) is 5.75 Å². The van der Waals surface area contributed by atoms with E-state index in [0.717, 1.165) is 6.07 Å². The third-order valence-corrected chi connectivity index (χ3v) is 2.23. The molecule has 2 N–H and O–H groups in total. The summed E-state index contributed by atoms with van der Waals surface area (Å²) in [6, 6.07) is 4.77. The van der Waals surface area contributed by atoms with Crippen LogP contribution in [-0.2, 0) is 14.5 Å². The Bertz CT molecular complexity index is 383. The van der Waals surface area contributed by atoms with Crippen LogP contribution in [0.3, 0.4) is 0 Å². The van der Waals surface area contributed by atoms with Gasteiger partial charge in [-0.15, -0.1) is 4.33 Å². The zero-order valence-corrected chi connectivity index (χ0v) is 9.57. The molecule has 0 unspecified atom stereocenters. The Hall–Kier alpha value is 0.150. The van der Waals surface area contributed by atoms with E-state index < -0.39 is 10.1 Å². The first kappa shape index (κ1) is 13.1. The van der Waals surface area contributed by atoms with Crippen molar-refractivity contribution in [3.63, 3.8) is 0 Å². The van der Waals surface area contributed by atoms with Gasteiger partial charge in [-0.25, -0.2) is 5.26 Å². The van der Waals surface area contributed by atoms with Crippen LogP contribution in [0.25, 0.3) is 0 Å². The largest absolute Gasteiger partial charge is 2.00 e. The Morgan fingerprint density at radius 2 is 2.00 bits per heavy atom. The molecule has 0 spiro atoms. The predicted octanol–water partition coefficient (Wildman–Crippen LogP) is 0.415. The minimum absolute atomic E-state index is 0. The molecule has 1 aromatic carbocycles. The summed E-state index contributed by atoms with van der Waals surface area (Å²) >= 11 is 0. The molecular weight excluding hydrogens is 224 g/mol. The Morgan fingerprint density at radius 1 is 1.38 bits per heavy atom. The van der Waals surface area contributed by atoms with Crippen molar-refractivity contribution in [2.45, 2.75) is 4.90 Å². The Morgan fingerprint density at radius 3 is 2.46 bits per heavy atom. The van der Waals surface area contributed by atoms with Crippen molar-refractivity contribution in [2.24, 2.45) is 0 Å². The molecule has 0 aliphatic rings. The van der Waals surface area contributed by atoms with E-state index in [4.69, 9.17) is 10.4 Å². The summed E-state index contributed by atoms with van der Waals surface area (Å²) in [5, 5.41) is 16.8. The quantitative estimate of drug-likeness (QED) is 0.438. The van der Waals surface area contributed by atoms with E-state index in [-0.39, 0.29) is 51.2 Å². The maximum Gasteiger partial charge on any atom is 2.00 e. The van der Waals surface area contributed by atoms with Gasteiger partial charge < -0.3 is 7.96 Å². The Kier molecular flexibility index (Phi) is 5.19. The van der Waals surface area contributed by atoms with Crippen molar-refractivity contribution in [1.82, 2.24) is 0 Å². The van der Waals surface area contributed by atoms with Crippen molar-refractivity contribution in [1.29, 1.82) is 0 Å². The number of benzene rings is 1. The summed E-state index contributed by atoms with van der Waals surface area (Å²) in [5.41, 5.74) is 0. The van der Waals surface area contributed by atoms with E-state index >= 15 is 0 Å². The molecule has 0 saturated heterocycles. The summed E-state index contributed by atoms with van der Waals surface area (Å²) in [4.78, 5) is -0.301. The van der Waals surface area contributed by atoms with Crippen molar-refractivity contribution >= 4 is 47.9 Å². The molecule has 1 rings (SSSR count). The number of aromatic hydroxyl groups is 1. The number of phenolic OH excluding ortho intramolecular Hbond substituents is 1. The van der Waals surface area contributed by atoms with Gasteiger partial charge in [0.1, 0.15) is 10.6 Å². The Balaban J connectivity index is -0.000000480. The number of hydrogen-bond acceptors (Lipinski definition) is 5. The molecule has 0 atom stereocenters. The standard InChI is InChI=1S/C6H6O5S.Ca.2H/c7-5-2-1-3-6(4-5)12(9,10)11-8;;;/h1-4,7-8H;;;/q;+2;2*-1. The van der Waals surface area contributed by atoms with Gasteiger partial charge in [0, 0.05) is 6.07 Å². The minimum atomic E-state index is -4.13. The van der Waals surface area contributed by atoms with Gasteiger partial charge in [0.25, 0.3) is 0 Å². The first-order valence-corrected chi connectivity index (χ1v) is 4.34.